The van der Waals surface area contributed by atoms with Gasteiger partial charge in [0.25, 0.3) is 15.9 Å². The summed E-state index contributed by atoms with van der Waals surface area (Å²) in [4.78, 5) is 13.1. The predicted octanol–water partition coefficient (Wildman–Crippen LogP) is 4.91. The van der Waals surface area contributed by atoms with Crippen molar-refractivity contribution in [3.8, 4) is 11.5 Å². The minimum Gasteiger partial charge on any atom is -0.497 e. The van der Waals surface area contributed by atoms with Gasteiger partial charge in [0.05, 0.1) is 36.1 Å². The van der Waals surface area contributed by atoms with E-state index in [1.54, 1.807) is 54.6 Å². The molecule has 0 aliphatic heterocycles. The Bertz CT molecular complexity index is 1430. The Hall–Kier alpha value is -4.04. The van der Waals surface area contributed by atoms with E-state index in [0.29, 0.717) is 17.2 Å². The summed E-state index contributed by atoms with van der Waals surface area (Å²) < 4.78 is 39.2. The fraction of sp³-hybridized carbons (Fsp3) is 0.0800. The third-order valence-corrected chi connectivity index (χ3v) is 6.47. The van der Waals surface area contributed by atoms with Crippen LogP contribution in [-0.2, 0) is 10.0 Å². The first-order valence-corrected chi connectivity index (χ1v) is 11.5. The van der Waals surface area contributed by atoms with Crippen LogP contribution in [-0.4, -0.2) is 28.5 Å². The van der Waals surface area contributed by atoms with E-state index < -0.39 is 15.9 Å². The van der Waals surface area contributed by atoms with Gasteiger partial charge < -0.3 is 14.8 Å². The topological polar surface area (TPSA) is 93.7 Å². The van der Waals surface area contributed by atoms with Crippen LogP contribution in [0, 0.1) is 0 Å². The number of hydrogen-bond acceptors (Lipinski definition) is 5. The SMILES string of the molecule is COc1ccc(NC(=O)c2ccccc2NS(=O)(=O)c2ccc3ccccc3c2)c(OC)c1. The Morgan fingerprint density at radius 2 is 1.48 bits per heavy atom. The second-order valence-corrected chi connectivity index (χ2v) is 8.86. The van der Waals surface area contributed by atoms with Gasteiger partial charge in [-0.3, -0.25) is 9.52 Å². The number of rotatable bonds is 7. The molecule has 0 saturated heterocycles. The summed E-state index contributed by atoms with van der Waals surface area (Å²) in [6, 6.07) is 23.8. The number of anilines is 2. The molecule has 0 atom stereocenters. The molecule has 168 valence electrons. The lowest BCUT2D eigenvalue weighted by Gasteiger charge is -2.15. The monoisotopic (exact) mass is 462 g/mol. The Labute approximate surface area is 192 Å². The van der Waals surface area contributed by atoms with Gasteiger partial charge in [0.2, 0.25) is 0 Å². The molecule has 4 aromatic rings. The van der Waals surface area contributed by atoms with Crippen LogP contribution < -0.4 is 19.5 Å². The molecule has 0 bridgehead atoms. The summed E-state index contributed by atoms with van der Waals surface area (Å²) in [6.45, 7) is 0. The van der Waals surface area contributed by atoms with Crippen LogP contribution in [0.2, 0.25) is 0 Å². The van der Waals surface area contributed by atoms with Crippen LogP contribution in [0.15, 0.2) is 89.8 Å². The lowest BCUT2D eigenvalue weighted by atomic mass is 10.1. The van der Waals surface area contributed by atoms with Crippen molar-refractivity contribution in [1.29, 1.82) is 0 Å². The summed E-state index contributed by atoms with van der Waals surface area (Å²) in [7, 11) is -0.912. The van der Waals surface area contributed by atoms with Gasteiger partial charge in [-0.2, -0.15) is 0 Å². The molecule has 4 rings (SSSR count). The molecule has 0 aromatic heterocycles. The Balaban J connectivity index is 1.62. The van der Waals surface area contributed by atoms with Crippen LogP contribution in [0.25, 0.3) is 10.8 Å². The third-order valence-electron chi connectivity index (χ3n) is 5.10. The second-order valence-electron chi connectivity index (χ2n) is 7.18. The Kier molecular flexibility index (Phi) is 6.19. The van der Waals surface area contributed by atoms with Crippen molar-refractivity contribution in [2.24, 2.45) is 0 Å². The van der Waals surface area contributed by atoms with E-state index in [-0.39, 0.29) is 16.1 Å². The number of sulfonamides is 1. The van der Waals surface area contributed by atoms with Gasteiger partial charge in [-0.1, -0.05) is 42.5 Å². The zero-order valence-corrected chi connectivity index (χ0v) is 18.8. The summed E-state index contributed by atoms with van der Waals surface area (Å²) in [5.74, 6) is 0.501. The zero-order valence-electron chi connectivity index (χ0n) is 18.0. The largest absolute Gasteiger partial charge is 0.497 e. The van der Waals surface area contributed by atoms with E-state index in [1.165, 1.54) is 20.3 Å². The maximum absolute atomic E-state index is 13.1. The fourth-order valence-corrected chi connectivity index (χ4v) is 4.51. The number of fused-ring (bicyclic) bond motifs is 1. The lowest BCUT2D eigenvalue weighted by Crippen LogP contribution is -2.19. The molecule has 33 heavy (non-hydrogen) atoms. The minimum atomic E-state index is -3.93. The first-order valence-electron chi connectivity index (χ1n) is 10.1. The van der Waals surface area contributed by atoms with Gasteiger partial charge >= 0.3 is 0 Å². The molecule has 1 amide bonds. The normalized spacial score (nSPS) is 11.1. The third kappa shape index (κ3) is 4.75. The first kappa shape index (κ1) is 22.2. The maximum Gasteiger partial charge on any atom is 0.261 e. The van der Waals surface area contributed by atoms with E-state index >= 15 is 0 Å². The van der Waals surface area contributed by atoms with Gasteiger partial charge in [0, 0.05) is 6.07 Å². The van der Waals surface area contributed by atoms with E-state index in [9.17, 15) is 13.2 Å². The number of benzene rings is 4. The number of methoxy groups -OCH3 is 2. The standard InChI is InChI=1S/C25H22N2O5S/c1-31-19-12-14-23(24(16-19)32-2)26-25(28)21-9-5-6-10-22(21)27-33(29,30)20-13-11-17-7-3-4-8-18(17)15-20/h3-16,27H,1-2H3,(H,26,28). The maximum atomic E-state index is 13.1. The van der Waals surface area contributed by atoms with E-state index in [0.717, 1.165) is 10.8 Å². The van der Waals surface area contributed by atoms with Crippen LogP contribution in [0.5, 0.6) is 11.5 Å². The zero-order chi connectivity index (χ0) is 23.4. The first-order chi connectivity index (χ1) is 15.9. The summed E-state index contributed by atoms with van der Waals surface area (Å²) >= 11 is 0. The summed E-state index contributed by atoms with van der Waals surface area (Å²) in [5, 5.41) is 4.50. The molecule has 8 heteroatoms. The summed E-state index contributed by atoms with van der Waals surface area (Å²) in [6.07, 6.45) is 0. The van der Waals surface area contributed by atoms with Crippen molar-refractivity contribution in [2.45, 2.75) is 4.90 Å². The number of carbonyl (C=O) groups excluding carboxylic acids is 1. The number of hydrogen-bond donors (Lipinski definition) is 2. The molecule has 0 spiro atoms. The average molecular weight is 463 g/mol. The van der Waals surface area contributed by atoms with Gasteiger partial charge in [-0.15, -0.1) is 0 Å². The Morgan fingerprint density at radius 3 is 2.24 bits per heavy atom. The van der Waals surface area contributed by atoms with Crippen molar-refractivity contribution in [1.82, 2.24) is 0 Å². The predicted molar refractivity (Wildman–Crippen MR) is 129 cm³/mol. The van der Waals surface area contributed by atoms with Crippen molar-refractivity contribution < 1.29 is 22.7 Å². The molecule has 0 saturated carbocycles. The van der Waals surface area contributed by atoms with Gasteiger partial charge in [0.1, 0.15) is 11.5 Å². The van der Waals surface area contributed by atoms with Gasteiger partial charge in [-0.25, -0.2) is 8.42 Å². The molecule has 0 radical (unpaired) electrons. The summed E-state index contributed by atoms with van der Waals surface area (Å²) in [5.41, 5.74) is 0.755. The highest BCUT2D eigenvalue weighted by Crippen LogP contribution is 2.30. The minimum absolute atomic E-state index is 0.105. The molecule has 0 aliphatic rings. The number of carbonyl (C=O) groups is 1. The van der Waals surface area contributed by atoms with Crippen molar-refractivity contribution in [3.63, 3.8) is 0 Å². The number of para-hydroxylation sites is 1. The lowest BCUT2D eigenvalue weighted by molar-refractivity contribution is 0.102. The molecule has 4 aromatic carbocycles. The molecule has 7 nitrogen and oxygen atoms in total. The van der Waals surface area contributed by atoms with Gasteiger partial charge in [0.15, 0.2) is 0 Å². The average Bonchev–Trinajstić information content (AvgIpc) is 2.84. The highest BCUT2D eigenvalue weighted by Gasteiger charge is 2.20. The quantitative estimate of drug-likeness (QED) is 0.407. The molecule has 0 fully saturated rings. The second kappa shape index (κ2) is 9.22. The van der Waals surface area contributed by atoms with Crippen molar-refractivity contribution in [2.75, 3.05) is 24.3 Å². The number of nitrogens with one attached hydrogen (secondary N) is 2. The molecule has 0 heterocycles. The highest BCUT2D eigenvalue weighted by molar-refractivity contribution is 7.92. The molecular formula is C25H22N2O5S. The smallest absolute Gasteiger partial charge is 0.261 e. The molecule has 0 unspecified atom stereocenters. The number of ether oxygens (including phenoxy) is 2. The molecule has 0 aliphatic carbocycles. The van der Waals surface area contributed by atoms with E-state index in [2.05, 4.69) is 10.0 Å². The van der Waals surface area contributed by atoms with E-state index in [1.807, 2.05) is 24.3 Å². The van der Waals surface area contributed by atoms with Crippen molar-refractivity contribution >= 4 is 38.1 Å². The van der Waals surface area contributed by atoms with Crippen LogP contribution >= 0.6 is 0 Å². The fourth-order valence-electron chi connectivity index (χ4n) is 3.40. The Morgan fingerprint density at radius 1 is 0.758 bits per heavy atom. The van der Waals surface area contributed by atoms with Gasteiger partial charge in [-0.05, 0) is 47.2 Å². The molecule has 2 N–H and O–H groups in total. The van der Waals surface area contributed by atoms with Crippen molar-refractivity contribution in [3.05, 3.63) is 90.5 Å². The van der Waals surface area contributed by atoms with Crippen LogP contribution in [0.3, 0.4) is 0 Å². The van der Waals surface area contributed by atoms with Crippen LogP contribution in [0.1, 0.15) is 10.4 Å². The highest BCUT2D eigenvalue weighted by atomic mass is 32.2. The van der Waals surface area contributed by atoms with E-state index in [4.69, 9.17) is 9.47 Å². The van der Waals surface area contributed by atoms with Crippen LogP contribution in [0.4, 0.5) is 11.4 Å². The molecular weight excluding hydrogens is 440 g/mol. The number of amides is 1.